The molecule has 1 fully saturated rings. The highest BCUT2D eigenvalue weighted by Crippen LogP contribution is 2.58. The van der Waals surface area contributed by atoms with Gasteiger partial charge in [0.15, 0.2) is 6.29 Å². The first-order valence-corrected chi connectivity index (χ1v) is 8.08. The summed E-state index contributed by atoms with van der Waals surface area (Å²) in [5.41, 5.74) is 0. The summed E-state index contributed by atoms with van der Waals surface area (Å²) in [5, 5.41) is 37.1. The molecule has 1 unspecified atom stereocenters. The number of ether oxygens (including phenoxy) is 1. The smallest absolute Gasteiger partial charge is 0.394 e. The molecule has 0 aliphatic carbocycles. The van der Waals surface area contributed by atoms with Crippen LogP contribution in [0.2, 0.25) is 0 Å². The first-order chi connectivity index (χ1) is 8.97. The summed E-state index contributed by atoms with van der Waals surface area (Å²) in [4.78, 5) is 25.8. The van der Waals surface area contributed by atoms with Crippen molar-refractivity contribution in [2.24, 2.45) is 0 Å². The number of hydrogen-bond acceptors (Lipinski definition) is 9. The zero-order chi connectivity index (χ0) is 15.7. The Kier molecular flexibility index (Phi) is 5.83. The van der Waals surface area contributed by atoms with Crippen LogP contribution in [-0.4, -0.2) is 72.4 Å². The molecule has 1 rings (SSSR count). The molecule has 7 N–H and O–H groups in total. The highest BCUT2D eigenvalue weighted by atomic mass is 31.3. The van der Waals surface area contributed by atoms with Gasteiger partial charge in [-0.3, -0.25) is 4.52 Å². The van der Waals surface area contributed by atoms with E-state index in [1.54, 1.807) is 0 Å². The van der Waals surface area contributed by atoms with Crippen molar-refractivity contribution in [1.29, 1.82) is 0 Å². The van der Waals surface area contributed by atoms with E-state index in [1.165, 1.54) is 0 Å². The summed E-state index contributed by atoms with van der Waals surface area (Å²) >= 11 is 0. The van der Waals surface area contributed by atoms with Gasteiger partial charge in [0.2, 0.25) is 0 Å². The first kappa shape index (κ1) is 18.1. The predicted molar refractivity (Wildman–Crippen MR) is 57.8 cm³/mol. The minimum Gasteiger partial charge on any atom is -0.394 e. The lowest BCUT2D eigenvalue weighted by Crippen LogP contribution is -2.58. The molecular formula is C6H14O12P2. The monoisotopic (exact) mass is 340 g/mol. The van der Waals surface area contributed by atoms with E-state index in [0.717, 1.165) is 0 Å². The van der Waals surface area contributed by atoms with Crippen molar-refractivity contribution in [3.8, 4) is 0 Å². The van der Waals surface area contributed by atoms with E-state index in [2.05, 4.69) is 13.6 Å². The number of aliphatic hydroxyl groups is 4. The van der Waals surface area contributed by atoms with E-state index in [-0.39, 0.29) is 0 Å². The van der Waals surface area contributed by atoms with Gasteiger partial charge in [-0.2, -0.15) is 4.31 Å². The number of aliphatic hydroxyl groups excluding tert-OH is 4. The van der Waals surface area contributed by atoms with E-state index >= 15 is 0 Å². The van der Waals surface area contributed by atoms with Crippen LogP contribution in [0.4, 0.5) is 0 Å². The van der Waals surface area contributed by atoms with Crippen molar-refractivity contribution in [2.75, 3.05) is 6.61 Å². The van der Waals surface area contributed by atoms with Gasteiger partial charge in [-0.05, 0) is 0 Å². The first-order valence-electron chi connectivity index (χ1n) is 5.05. The molecule has 14 heteroatoms. The van der Waals surface area contributed by atoms with Crippen molar-refractivity contribution in [1.82, 2.24) is 0 Å². The van der Waals surface area contributed by atoms with E-state index in [0.29, 0.717) is 0 Å². The average molecular weight is 340 g/mol. The van der Waals surface area contributed by atoms with E-state index < -0.39 is 53.0 Å². The Bertz CT molecular complexity index is 418. The molecule has 6 atom stereocenters. The fourth-order valence-electron chi connectivity index (χ4n) is 1.44. The Balaban J connectivity index is 2.80. The van der Waals surface area contributed by atoms with Crippen molar-refractivity contribution in [3.63, 3.8) is 0 Å². The Hall–Kier alpha value is 0.0600. The molecular weight excluding hydrogens is 326 g/mol. The molecule has 1 saturated heterocycles. The topological polar surface area (TPSA) is 203 Å². The normalized spacial score (nSPS) is 38.5. The van der Waals surface area contributed by atoms with Gasteiger partial charge >= 0.3 is 15.6 Å². The van der Waals surface area contributed by atoms with Gasteiger partial charge in [-0.15, -0.1) is 0 Å². The van der Waals surface area contributed by atoms with Crippen molar-refractivity contribution in [3.05, 3.63) is 0 Å². The van der Waals surface area contributed by atoms with Crippen molar-refractivity contribution < 1.29 is 57.8 Å². The highest BCUT2D eigenvalue weighted by molar-refractivity contribution is 7.60. The van der Waals surface area contributed by atoms with Crippen LogP contribution in [0.3, 0.4) is 0 Å². The van der Waals surface area contributed by atoms with Gasteiger partial charge in [0, 0.05) is 0 Å². The Labute approximate surface area is 112 Å². The lowest BCUT2D eigenvalue weighted by molar-refractivity contribution is -0.280. The largest absolute Gasteiger partial charge is 0.483 e. The second kappa shape index (κ2) is 6.44. The number of phosphoric ester groups is 1. The fraction of sp³-hybridized carbons (Fsp3) is 1.00. The molecule has 0 radical (unpaired) electrons. The summed E-state index contributed by atoms with van der Waals surface area (Å²) < 4.78 is 34.0. The number of phosphoric acid groups is 2. The summed E-state index contributed by atoms with van der Waals surface area (Å²) in [7, 11) is -10.7. The van der Waals surface area contributed by atoms with Gasteiger partial charge in [-0.25, -0.2) is 9.13 Å². The van der Waals surface area contributed by atoms with Crippen LogP contribution in [0.5, 0.6) is 0 Å². The van der Waals surface area contributed by atoms with Crippen LogP contribution in [0.15, 0.2) is 0 Å². The van der Waals surface area contributed by atoms with Crippen LogP contribution in [0, 0.1) is 0 Å². The molecule has 0 aromatic rings. The third-order valence-electron chi connectivity index (χ3n) is 2.30. The maximum absolute atomic E-state index is 11.2. The molecule has 20 heavy (non-hydrogen) atoms. The van der Waals surface area contributed by atoms with Gasteiger partial charge in [0.05, 0.1) is 6.61 Å². The Morgan fingerprint density at radius 1 is 1.00 bits per heavy atom. The summed E-state index contributed by atoms with van der Waals surface area (Å²) in [6, 6.07) is 0. The third kappa shape index (κ3) is 4.81. The summed E-state index contributed by atoms with van der Waals surface area (Å²) in [6.07, 6.45) is -9.12. The SMILES string of the molecule is O=P(O)(O)OP(=O)(O)O[C@H]1O[C@H](CO)[C@H](O)[C@@H](O)[C@@H]1O. The minimum absolute atomic E-state index is 0.820. The molecule has 1 heterocycles. The quantitative estimate of drug-likeness (QED) is 0.250. The second-order valence-electron chi connectivity index (χ2n) is 3.84. The van der Waals surface area contributed by atoms with Gasteiger partial charge in [0.25, 0.3) is 0 Å². The van der Waals surface area contributed by atoms with Crippen LogP contribution in [-0.2, 0) is 22.7 Å². The molecule has 0 bridgehead atoms. The molecule has 0 amide bonds. The zero-order valence-electron chi connectivity index (χ0n) is 9.66. The summed E-state index contributed by atoms with van der Waals surface area (Å²) in [5.74, 6) is 0. The predicted octanol–water partition coefficient (Wildman–Crippen LogP) is -2.99. The van der Waals surface area contributed by atoms with E-state index in [4.69, 9.17) is 19.8 Å². The lowest BCUT2D eigenvalue weighted by Gasteiger charge is -2.39. The van der Waals surface area contributed by atoms with Gasteiger partial charge < -0.3 is 39.8 Å². The van der Waals surface area contributed by atoms with Crippen LogP contribution in [0.1, 0.15) is 0 Å². The van der Waals surface area contributed by atoms with Crippen LogP contribution < -0.4 is 0 Å². The second-order valence-corrected chi connectivity index (χ2v) is 6.63. The maximum Gasteiger partial charge on any atom is 0.483 e. The Morgan fingerprint density at radius 3 is 2.00 bits per heavy atom. The molecule has 0 aromatic heterocycles. The third-order valence-corrected chi connectivity index (χ3v) is 4.45. The number of rotatable bonds is 5. The van der Waals surface area contributed by atoms with Gasteiger partial charge in [-0.1, -0.05) is 0 Å². The molecule has 0 saturated carbocycles. The van der Waals surface area contributed by atoms with Crippen molar-refractivity contribution in [2.45, 2.75) is 30.7 Å². The molecule has 0 aromatic carbocycles. The van der Waals surface area contributed by atoms with Crippen LogP contribution >= 0.6 is 15.6 Å². The fourth-order valence-corrected chi connectivity index (χ4v) is 3.11. The molecule has 0 spiro atoms. The number of hydrogen-bond donors (Lipinski definition) is 7. The molecule has 12 nitrogen and oxygen atoms in total. The summed E-state index contributed by atoms with van der Waals surface area (Å²) in [6.45, 7) is -0.820. The molecule has 1 aliphatic rings. The van der Waals surface area contributed by atoms with E-state index in [1.807, 2.05) is 0 Å². The van der Waals surface area contributed by atoms with Crippen LogP contribution in [0.25, 0.3) is 0 Å². The molecule has 120 valence electrons. The minimum atomic E-state index is -5.36. The van der Waals surface area contributed by atoms with Crippen molar-refractivity contribution >= 4 is 15.6 Å². The average Bonchev–Trinajstić information content (AvgIpc) is 2.26. The highest BCUT2D eigenvalue weighted by Gasteiger charge is 2.47. The zero-order valence-corrected chi connectivity index (χ0v) is 11.4. The standard InChI is InChI=1S/C6H14O12P2/c7-1-2-3(8)4(9)5(10)6(16-2)17-20(14,15)18-19(11,12)13/h2-10H,1H2,(H,14,15)(H2,11,12,13)/t2-,3+,4-,5+,6-/m1/s1. The Morgan fingerprint density at radius 2 is 1.55 bits per heavy atom. The molecule has 1 aliphatic heterocycles. The van der Waals surface area contributed by atoms with E-state index in [9.17, 15) is 24.4 Å². The lowest BCUT2D eigenvalue weighted by atomic mass is 10.00. The van der Waals surface area contributed by atoms with Gasteiger partial charge in [0.1, 0.15) is 24.4 Å². The maximum atomic E-state index is 11.2.